The van der Waals surface area contributed by atoms with E-state index < -0.39 is 107 Å². The summed E-state index contributed by atoms with van der Waals surface area (Å²) in [6, 6.07) is 8.01. The average molecular weight is 745 g/mol. The van der Waals surface area contributed by atoms with Crippen molar-refractivity contribution >= 4 is 35.6 Å². The van der Waals surface area contributed by atoms with Crippen molar-refractivity contribution < 1.29 is 57.2 Å². The van der Waals surface area contributed by atoms with Gasteiger partial charge in [-0.1, -0.05) is 45.9 Å². The Bertz CT molecular complexity index is 1540. The summed E-state index contributed by atoms with van der Waals surface area (Å²) in [4.78, 5) is 83.1. The second-order valence-electron chi connectivity index (χ2n) is 15.6. The lowest BCUT2D eigenvalue weighted by molar-refractivity contribution is -0.291. The molecule has 4 rings (SSSR count). The number of benzene rings is 1. The molecule has 0 aromatic heterocycles. The average Bonchev–Trinajstić information content (AvgIpc) is 3.41. The Labute approximate surface area is 311 Å². The zero-order valence-electron chi connectivity index (χ0n) is 32.5. The number of hydrogen-bond donors (Lipinski definition) is 1. The van der Waals surface area contributed by atoms with Crippen molar-refractivity contribution in [1.29, 1.82) is 0 Å². The molecule has 3 aliphatic heterocycles. The van der Waals surface area contributed by atoms with Gasteiger partial charge in [0.2, 0.25) is 0 Å². The molecule has 53 heavy (non-hydrogen) atoms. The zero-order chi connectivity index (χ0) is 39.6. The van der Waals surface area contributed by atoms with Crippen LogP contribution in [0.5, 0.6) is 0 Å². The number of Topliss-reactive ketones (excluding diaryl/α,β-unsaturated/α-hetero) is 2. The molecule has 3 unspecified atom stereocenters. The highest BCUT2D eigenvalue weighted by Gasteiger charge is 2.57. The van der Waals surface area contributed by atoms with Crippen molar-refractivity contribution in [3.05, 3.63) is 35.9 Å². The van der Waals surface area contributed by atoms with Crippen LogP contribution in [-0.4, -0.2) is 103 Å². The molecule has 0 aliphatic carbocycles. The van der Waals surface area contributed by atoms with Gasteiger partial charge in [0.15, 0.2) is 18.2 Å². The number of amides is 1. The van der Waals surface area contributed by atoms with Crippen molar-refractivity contribution in [3.63, 3.8) is 0 Å². The Morgan fingerprint density at radius 1 is 0.962 bits per heavy atom. The number of ether oxygens (including phenoxy) is 6. The van der Waals surface area contributed by atoms with Gasteiger partial charge in [0.05, 0.1) is 24.1 Å². The van der Waals surface area contributed by atoms with Gasteiger partial charge < -0.3 is 39.1 Å². The van der Waals surface area contributed by atoms with E-state index in [0.29, 0.717) is 12.0 Å². The molecule has 14 heteroatoms. The number of nitrogens with zero attached hydrogens (tertiary/aromatic N) is 1. The van der Waals surface area contributed by atoms with E-state index in [1.807, 2.05) is 25.9 Å². The maximum atomic E-state index is 14.3. The predicted octanol–water partition coefficient (Wildman–Crippen LogP) is 4.25. The van der Waals surface area contributed by atoms with Gasteiger partial charge in [-0.05, 0) is 73.2 Å². The molecular weight excluding hydrogens is 688 g/mol. The fourth-order valence-electron chi connectivity index (χ4n) is 8.50. The highest BCUT2D eigenvalue weighted by molar-refractivity contribution is 6.00. The van der Waals surface area contributed by atoms with Crippen molar-refractivity contribution in [3.8, 4) is 0 Å². The predicted molar refractivity (Wildman–Crippen MR) is 190 cm³/mol. The Hall–Kier alpha value is -3.88. The van der Waals surface area contributed by atoms with Crippen LogP contribution in [0.3, 0.4) is 0 Å². The summed E-state index contributed by atoms with van der Waals surface area (Å²) in [5, 5.41) is 0. The van der Waals surface area contributed by atoms with E-state index >= 15 is 0 Å². The smallest absolute Gasteiger partial charge is 0.405 e. The van der Waals surface area contributed by atoms with E-state index in [0.717, 1.165) is 0 Å². The van der Waals surface area contributed by atoms with E-state index in [4.69, 9.17) is 34.2 Å². The molecule has 0 saturated carbocycles. The molecule has 13 atom stereocenters. The standard InChI is InChI=1S/C39H56N2O12/c1-11-28-39(8)26(18-29(42)52-39)22(4)30(43)20(2)19-38(7,53-37(40)47)33(23(5)31(44)24(6)34(45)49-28)51-36-32(27(41(9)10)17-21(3)48-36)50-35(46)25-15-13-12-14-16-25/h12-16,20-24,26-28,32-33,36H,11,17-19H2,1-10H3,(H2,40,47)/t20-,21-,22?,23+,24-,26?,27+,28-,32-,33-,36?,38-,39+/m1/s1. The largest absolute Gasteiger partial charge is 0.458 e. The number of cyclic esters (lactones) is 1. The molecular formula is C39H56N2O12. The first kappa shape index (κ1) is 41.9. The Morgan fingerprint density at radius 3 is 2.19 bits per heavy atom. The second kappa shape index (κ2) is 16.6. The summed E-state index contributed by atoms with van der Waals surface area (Å²) in [7, 11) is 3.66. The van der Waals surface area contributed by atoms with E-state index in [1.165, 1.54) is 20.8 Å². The summed E-state index contributed by atoms with van der Waals surface area (Å²) in [5.41, 5.74) is 2.85. The van der Waals surface area contributed by atoms with E-state index in [1.54, 1.807) is 58.0 Å². The summed E-state index contributed by atoms with van der Waals surface area (Å²) in [6.45, 7) is 13.0. The van der Waals surface area contributed by atoms with Gasteiger partial charge in [0.25, 0.3) is 0 Å². The fraction of sp³-hybridized carbons (Fsp3) is 0.692. The third-order valence-electron chi connectivity index (χ3n) is 11.4. The Balaban J connectivity index is 1.83. The highest BCUT2D eigenvalue weighted by atomic mass is 16.7. The minimum atomic E-state index is -1.77. The van der Waals surface area contributed by atoms with Gasteiger partial charge in [0.1, 0.15) is 35.1 Å². The number of primary amides is 1. The van der Waals surface area contributed by atoms with Crippen LogP contribution in [-0.2, 0) is 47.6 Å². The lowest BCUT2D eigenvalue weighted by Gasteiger charge is -2.47. The number of likely N-dealkylation sites (N-methyl/N-ethyl adjacent to an activating group) is 1. The number of fused-ring (bicyclic) bond motifs is 1. The molecule has 1 aromatic carbocycles. The maximum Gasteiger partial charge on any atom is 0.405 e. The van der Waals surface area contributed by atoms with Gasteiger partial charge in [0, 0.05) is 23.7 Å². The van der Waals surface area contributed by atoms with Crippen LogP contribution in [0.1, 0.15) is 91.4 Å². The summed E-state index contributed by atoms with van der Waals surface area (Å²) in [6.07, 6.45) is -5.78. The van der Waals surface area contributed by atoms with Gasteiger partial charge >= 0.3 is 24.0 Å². The number of hydrogen-bond acceptors (Lipinski definition) is 13. The fourth-order valence-corrected chi connectivity index (χ4v) is 8.50. The molecule has 1 amide bonds. The first-order valence-electron chi connectivity index (χ1n) is 18.5. The first-order chi connectivity index (χ1) is 24.7. The molecule has 0 bridgehead atoms. The minimum absolute atomic E-state index is 0.0795. The number of rotatable bonds is 7. The third kappa shape index (κ3) is 8.92. The van der Waals surface area contributed by atoms with Crippen LogP contribution in [0.4, 0.5) is 4.79 Å². The maximum absolute atomic E-state index is 14.3. The lowest BCUT2D eigenvalue weighted by atomic mass is 9.70. The van der Waals surface area contributed by atoms with Crippen molar-refractivity contribution in [2.75, 3.05) is 14.1 Å². The second-order valence-corrected chi connectivity index (χ2v) is 15.6. The summed E-state index contributed by atoms with van der Waals surface area (Å²) in [5.74, 6) is -7.67. The van der Waals surface area contributed by atoms with Gasteiger partial charge in [-0.15, -0.1) is 0 Å². The van der Waals surface area contributed by atoms with Crippen LogP contribution in [0.25, 0.3) is 0 Å². The quantitative estimate of drug-likeness (QED) is 0.238. The highest BCUT2D eigenvalue weighted by Crippen LogP contribution is 2.45. The summed E-state index contributed by atoms with van der Waals surface area (Å²) >= 11 is 0. The molecule has 0 spiro atoms. The SMILES string of the molecule is CC[C@H]1OC(=O)[C@H](C)C(=O)[C@H](C)[C@@H](OC2O[C@H](C)C[C@H](N(C)C)[C@H]2OC(=O)c2ccccc2)[C@](C)(OC(N)=O)C[C@@H](C)C(=O)C(C)C2CC(=O)O[C@@]21C. The molecule has 294 valence electrons. The van der Waals surface area contributed by atoms with Crippen molar-refractivity contribution in [1.82, 2.24) is 4.90 Å². The molecule has 3 aliphatic rings. The molecule has 3 heterocycles. The third-order valence-corrected chi connectivity index (χ3v) is 11.4. The normalized spacial score (nSPS) is 38.7. The number of carbonyl (C=O) groups is 6. The van der Waals surface area contributed by atoms with Crippen molar-refractivity contribution in [2.24, 2.45) is 35.3 Å². The van der Waals surface area contributed by atoms with Gasteiger partial charge in [-0.2, -0.15) is 0 Å². The first-order valence-corrected chi connectivity index (χ1v) is 18.5. The zero-order valence-corrected chi connectivity index (χ0v) is 32.5. The Morgan fingerprint density at radius 2 is 1.60 bits per heavy atom. The van der Waals surface area contributed by atoms with Crippen LogP contribution in [0, 0.1) is 29.6 Å². The number of carbonyl (C=O) groups excluding carboxylic acids is 6. The van der Waals surface area contributed by atoms with Crippen LogP contribution in [0.2, 0.25) is 0 Å². The van der Waals surface area contributed by atoms with E-state index in [9.17, 15) is 28.8 Å². The molecule has 1 aromatic rings. The summed E-state index contributed by atoms with van der Waals surface area (Å²) < 4.78 is 36.6. The van der Waals surface area contributed by atoms with E-state index in [-0.39, 0.29) is 25.0 Å². The molecule has 14 nitrogen and oxygen atoms in total. The topological polar surface area (TPSA) is 187 Å². The monoisotopic (exact) mass is 744 g/mol. The van der Waals surface area contributed by atoms with Gasteiger partial charge in [-0.3, -0.25) is 19.2 Å². The molecule has 0 radical (unpaired) electrons. The molecule has 2 N–H and O–H groups in total. The Kier molecular flexibility index (Phi) is 13.1. The number of nitrogens with two attached hydrogens (primary N) is 1. The van der Waals surface area contributed by atoms with Crippen LogP contribution >= 0.6 is 0 Å². The minimum Gasteiger partial charge on any atom is -0.458 e. The molecule has 3 saturated heterocycles. The van der Waals surface area contributed by atoms with Gasteiger partial charge in [-0.25, -0.2) is 9.59 Å². The van der Waals surface area contributed by atoms with Crippen LogP contribution < -0.4 is 5.73 Å². The number of esters is 3. The molecule has 3 fully saturated rings. The lowest BCUT2D eigenvalue weighted by Crippen LogP contribution is -2.61. The van der Waals surface area contributed by atoms with E-state index in [2.05, 4.69) is 0 Å². The van der Waals surface area contributed by atoms with Crippen LogP contribution in [0.15, 0.2) is 30.3 Å². The number of ketones is 2. The van der Waals surface area contributed by atoms with Crippen molar-refractivity contribution in [2.45, 2.75) is 129 Å².